The molecule has 0 heterocycles. The lowest BCUT2D eigenvalue weighted by atomic mass is 10.2. The third kappa shape index (κ3) is 30.8. The number of carbonyl (C=O) groups is 3. The Bertz CT molecular complexity index is 602. The highest BCUT2D eigenvalue weighted by Gasteiger charge is 2.14. The molecular weight excluding hydrogens is 536 g/mol. The van der Waals surface area contributed by atoms with Gasteiger partial charge in [0.15, 0.2) is 0 Å². The normalized spacial score (nSPS) is 11.3. The largest absolute Gasteiger partial charge is 0.476 e. The first-order valence-electron chi connectivity index (χ1n) is 13.6. The molecule has 0 bridgehead atoms. The van der Waals surface area contributed by atoms with E-state index >= 15 is 0 Å². The Morgan fingerprint density at radius 3 is 1.07 bits per heavy atom. The number of aliphatic carboxylic acids is 1. The highest BCUT2D eigenvalue weighted by molar-refractivity contribution is 6.32. The quantitative estimate of drug-likeness (QED) is 0.0661. The molecule has 0 spiro atoms. The number of carbonyl (C=O) groups excluding carboxylic acids is 2. The summed E-state index contributed by atoms with van der Waals surface area (Å²) >= 11 is 0. The van der Waals surface area contributed by atoms with Crippen molar-refractivity contribution in [1.82, 2.24) is 0 Å². The summed E-state index contributed by atoms with van der Waals surface area (Å²) in [6.45, 7) is 11.8. The second kappa shape index (κ2) is 30.2. The fourth-order valence-electron chi connectivity index (χ4n) is 2.59. The van der Waals surface area contributed by atoms with Crippen LogP contribution in [0.15, 0.2) is 0 Å². The molecule has 0 saturated heterocycles. The number of esters is 1. The van der Waals surface area contributed by atoms with Gasteiger partial charge in [0.2, 0.25) is 5.78 Å². The number of ketones is 1. The molecule has 236 valence electrons. The minimum absolute atomic E-state index is 0.0181. The maximum Gasteiger partial charge on any atom is 0.372 e. The van der Waals surface area contributed by atoms with Crippen molar-refractivity contribution in [2.45, 2.75) is 32.8 Å². The Balaban J connectivity index is 3.13. The molecule has 0 aliphatic carbocycles. The first-order chi connectivity index (χ1) is 19.4. The van der Waals surface area contributed by atoms with E-state index in [-0.39, 0.29) is 32.2 Å². The van der Waals surface area contributed by atoms with Gasteiger partial charge in [0, 0.05) is 6.42 Å². The SMILES string of the molecule is CC(C)OCCOCCOCCOCCOCCOCCOCCOCCOCCOC(=O)CCC(=O)C(=O)O. The number of carboxylic acids is 1. The summed E-state index contributed by atoms with van der Waals surface area (Å²) in [6.07, 6.45) is -0.434. The van der Waals surface area contributed by atoms with Crippen LogP contribution in [0.1, 0.15) is 26.7 Å². The zero-order chi connectivity index (χ0) is 29.5. The maximum absolute atomic E-state index is 11.3. The van der Waals surface area contributed by atoms with Crippen molar-refractivity contribution in [1.29, 1.82) is 0 Å². The standard InChI is InChI=1S/C26H48O14/c1-23(2)39-21-19-37-17-15-35-13-11-33-9-7-31-5-6-32-8-10-34-12-14-36-16-18-38-20-22-40-25(28)4-3-24(27)26(29)30/h23H,3-22H2,1-2H3,(H,29,30). The van der Waals surface area contributed by atoms with Crippen LogP contribution >= 0.6 is 0 Å². The number of hydrogen-bond acceptors (Lipinski definition) is 13. The molecule has 0 unspecified atom stereocenters. The summed E-state index contributed by atoms with van der Waals surface area (Å²) in [5, 5.41) is 8.42. The van der Waals surface area contributed by atoms with Crippen molar-refractivity contribution >= 4 is 17.7 Å². The molecule has 0 aromatic heterocycles. The lowest BCUT2D eigenvalue weighted by molar-refractivity contribution is -0.151. The second-order valence-electron chi connectivity index (χ2n) is 8.27. The van der Waals surface area contributed by atoms with E-state index in [1.165, 1.54) is 0 Å². The highest BCUT2D eigenvalue weighted by Crippen LogP contribution is 1.95. The van der Waals surface area contributed by atoms with Crippen LogP contribution in [-0.2, 0) is 61.8 Å². The number of carboxylic acid groups (broad SMARTS) is 1. The monoisotopic (exact) mass is 584 g/mol. The summed E-state index contributed by atoms with van der Waals surface area (Å²) in [5.41, 5.74) is 0. The van der Waals surface area contributed by atoms with Gasteiger partial charge in [-0.1, -0.05) is 0 Å². The molecule has 0 aromatic rings. The third-order valence-electron chi connectivity index (χ3n) is 4.57. The van der Waals surface area contributed by atoms with Crippen molar-refractivity contribution in [3.63, 3.8) is 0 Å². The van der Waals surface area contributed by atoms with Crippen molar-refractivity contribution < 1.29 is 66.9 Å². The van der Waals surface area contributed by atoms with E-state index in [9.17, 15) is 14.4 Å². The van der Waals surface area contributed by atoms with E-state index in [1.54, 1.807) is 0 Å². The van der Waals surface area contributed by atoms with Gasteiger partial charge in [0.05, 0.1) is 125 Å². The lowest BCUT2D eigenvalue weighted by Gasteiger charge is -2.09. The number of ether oxygens (including phenoxy) is 10. The molecule has 0 rings (SSSR count). The summed E-state index contributed by atoms with van der Waals surface area (Å²) in [4.78, 5) is 32.6. The first kappa shape index (κ1) is 38.2. The molecule has 1 N–H and O–H groups in total. The molecule has 14 nitrogen and oxygen atoms in total. The Labute approximate surface area is 236 Å². The molecule has 0 atom stereocenters. The summed E-state index contributed by atoms with van der Waals surface area (Å²) in [7, 11) is 0. The van der Waals surface area contributed by atoms with Gasteiger partial charge in [-0.05, 0) is 13.8 Å². The van der Waals surface area contributed by atoms with Gasteiger partial charge in [0.1, 0.15) is 6.61 Å². The highest BCUT2D eigenvalue weighted by atomic mass is 16.6. The van der Waals surface area contributed by atoms with Crippen LogP contribution in [0.4, 0.5) is 0 Å². The van der Waals surface area contributed by atoms with Crippen molar-refractivity contribution in [2.24, 2.45) is 0 Å². The average molecular weight is 585 g/mol. The van der Waals surface area contributed by atoms with Crippen LogP contribution in [0.25, 0.3) is 0 Å². The number of hydrogen-bond donors (Lipinski definition) is 1. The van der Waals surface area contributed by atoms with E-state index in [2.05, 4.69) is 0 Å². The van der Waals surface area contributed by atoms with Gasteiger partial charge >= 0.3 is 11.9 Å². The van der Waals surface area contributed by atoms with Gasteiger partial charge in [-0.15, -0.1) is 0 Å². The van der Waals surface area contributed by atoms with Crippen LogP contribution in [0.2, 0.25) is 0 Å². The number of Topliss-reactive ketones (excluding diaryl/α,β-unsaturated/α-hetero) is 1. The molecule has 0 aliphatic heterocycles. The molecule has 40 heavy (non-hydrogen) atoms. The van der Waals surface area contributed by atoms with Crippen molar-refractivity contribution in [3.8, 4) is 0 Å². The fourth-order valence-corrected chi connectivity index (χ4v) is 2.59. The van der Waals surface area contributed by atoms with E-state index in [1.807, 2.05) is 13.8 Å². The Hall–Kier alpha value is -1.75. The molecule has 0 fully saturated rings. The Kier molecular flexibility index (Phi) is 28.9. The van der Waals surface area contributed by atoms with Gasteiger partial charge in [-0.2, -0.15) is 0 Å². The molecule has 0 saturated carbocycles. The van der Waals surface area contributed by atoms with Gasteiger partial charge in [-0.3, -0.25) is 9.59 Å². The minimum Gasteiger partial charge on any atom is -0.476 e. The van der Waals surface area contributed by atoms with Crippen LogP contribution in [0.5, 0.6) is 0 Å². The van der Waals surface area contributed by atoms with E-state index in [0.717, 1.165) is 0 Å². The van der Waals surface area contributed by atoms with Crippen molar-refractivity contribution in [2.75, 3.05) is 119 Å². The summed E-state index contributed by atoms with van der Waals surface area (Å²) < 4.78 is 53.3. The molecule has 0 aromatic carbocycles. The zero-order valence-corrected chi connectivity index (χ0v) is 24.0. The zero-order valence-electron chi connectivity index (χ0n) is 24.0. The van der Waals surface area contributed by atoms with Gasteiger partial charge in [0.25, 0.3) is 0 Å². The second-order valence-corrected chi connectivity index (χ2v) is 8.27. The van der Waals surface area contributed by atoms with E-state index < -0.39 is 17.7 Å². The van der Waals surface area contributed by atoms with Crippen molar-refractivity contribution in [3.05, 3.63) is 0 Å². The van der Waals surface area contributed by atoms with E-state index in [0.29, 0.717) is 106 Å². The minimum atomic E-state index is -1.56. The van der Waals surface area contributed by atoms with E-state index in [4.69, 9.17) is 52.5 Å². The predicted molar refractivity (Wildman–Crippen MR) is 140 cm³/mol. The first-order valence-corrected chi connectivity index (χ1v) is 13.6. The van der Waals surface area contributed by atoms with Crippen LogP contribution in [0.3, 0.4) is 0 Å². The van der Waals surface area contributed by atoms with Crippen LogP contribution < -0.4 is 0 Å². The third-order valence-corrected chi connectivity index (χ3v) is 4.57. The molecule has 0 radical (unpaired) electrons. The van der Waals surface area contributed by atoms with Crippen LogP contribution in [-0.4, -0.2) is 148 Å². The molecule has 14 heteroatoms. The smallest absolute Gasteiger partial charge is 0.372 e. The topological polar surface area (TPSA) is 164 Å². The number of rotatable bonds is 32. The maximum atomic E-state index is 11.3. The molecular formula is C26H48O14. The molecule has 0 amide bonds. The predicted octanol–water partition coefficient (Wildman–Crippen LogP) is 0.521. The Morgan fingerprint density at radius 2 is 0.775 bits per heavy atom. The Morgan fingerprint density at radius 1 is 0.475 bits per heavy atom. The van der Waals surface area contributed by atoms with Gasteiger partial charge < -0.3 is 52.5 Å². The summed E-state index contributed by atoms with van der Waals surface area (Å²) in [5.74, 6) is -3.23. The van der Waals surface area contributed by atoms with Crippen LogP contribution in [0, 0.1) is 0 Å². The molecule has 0 aliphatic rings. The average Bonchev–Trinajstić information content (AvgIpc) is 2.92. The van der Waals surface area contributed by atoms with Gasteiger partial charge in [-0.25, -0.2) is 4.79 Å². The fraction of sp³-hybridized carbons (Fsp3) is 0.885. The summed E-state index contributed by atoms with van der Waals surface area (Å²) in [6, 6.07) is 0. The lowest BCUT2D eigenvalue weighted by Crippen LogP contribution is -2.17.